The number of amides is 2. The SMILES string of the molecule is CC(=O)N(CCC(=O)N[C@@H](C#N)c1ccsc1)Cc1ccccc1. The van der Waals surface area contributed by atoms with Crippen molar-refractivity contribution in [3.63, 3.8) is 0 Å². The fraction of sp³-hybridized carbons (Fsp3) is 0.278. The van der Waals surface area contributed by atoms with Crippen molar-refractivity contribution in [3.05, 3.63) is 58.3 Å². The van der Waals surface area contributed by atoms with Gasteiger partial charge in [-0.1, -0.05) is 30.3 Å². The molecule has 0 aliphatic rings. The normalized spacial score (nSPS) is 11.3. The van der Waals surface area contributed by atoms with Crippen molar-refractivity contribution in [2.75, 3.05) is 6.54 Å². The molecule has 2 aromatic rings. The van der Waals surface area contributed by atoms with Crippen molar-refractivity contribution in [1.82, 2.24) is 10.2 Å². The number of nitrogens with zero attached hydrogens (tertiary/aromatic N) is 2. The van der Waals surface area contributed by atoms with Crippen molar-refractivity contribution < 1.29 is 9.59 Å². The molecule has 1 aromatic heterocycles. The highest BCUT2D eigenvalue weighted by molar-refractivity contribution is 7.08. The number of hydrogen-bond donors (Lipinski definition) is 1. The molecule has 2 amide bonds. The molecule has 0 aliphatic heterocycles. The maximum atomic E-state index is 12.1. The molecule has 0 spiro atoms. The van der Waals surface area contributed by atoms with Gasteiger partial charge in [-0.05, 0) is 28.0 Å². The van der Waals surface area contributed by atoms with Gasteiger partial charge in [0.15, 0.2) is 0 Å². The zero-order chi connectivity index (χ0) is 17.4. The summed E-state index contributed by atoms with van der Waals surface area (Å²) in [5.74, 6) is -0.326. The third-order valence-electron chi connectivity index (χ3n) is 3.58. The van der Waals surface area contributed by atoms with Crippen molar-refractivity contribution >= 4 is 23.2 Å². The Morgan fingerprint density at radius 2 is 2.04 bits per heavy atom. The first kappa shape index (κ1) is 17.7. The molecule has 24 heavy (non-hydrogen) atoms. The molecule has 0 bridgehead atoms. The van der Waals surface area contributed by atoms with Crippen LogP contribution in [-0.2, 0) is 16.1 Å². The summed E-state index contributed by atoms with van der Waals surface area (Å²) >= 11 is 1.48. The van der Waals surface area contributed by atoms with Crippen LogP contribution in [0.3, 0.4) is 0 Å². The fourth-order valence-corrected chi connectivity index (χ4v) is 2.94. The lowest BCUT2D eigenvalue weighted by Gasteiger charge is -2.21. The molecule has 1 aromatic carbocycles. The summed E-state index contributed by atoms with van der Waals surface area (Å²) in [6.45, 7) is 2.28. The third kappa shape index (κ3) is 5.21. The summed E-state index contributed by atoms with van der Waals surface area (Å²) in [7, 11) is 0. The van der Waals surface area contributed by atoms with Crippen LogP contribution >= 0.6 is 11.3 Å². The Hall–Kier alpha value is -2.65. The molecule has 0 saturated carbocycles. The van der Waals surface area contributed by atoms with E-state index in [1.165, 1.54) is 18.3 Å². The predicted molar refractivity (Wildman–Crippen MR) is 93.0 cm³/mol. The minimum Gasteiger partial charge on any atom is -0.338 e. The predicted octanol–water partition coefficient (Wildman–Crippen LogP) is 2.87. The van der Waals surface area contributed by atoms with Gasteiger partial charge < -0.3 is 10.2 Å². The van der Waals surface area contributed by atoms with E-state index in [1.54, 1.807) is 4.90 Å². The van der Waals surface area contributed by atoms with E-state index in [0.717, 1.165) is 11.1 Å². The minimum atomic E-state index is -0.649. The van der Waals surface area contributed by atoms with E-state index in [0.29, 0.717) is 13.1 Å². The number of nitriles is 1. The van der Waals surface area contributed by atoms with Gasteiger partial charge in [0, 0.05) is 26.4 Å². The summed E-state index contributed by atoms with van der Waals surface area (Å²) in [6, 6.07) is 12.9. The molecule has 0 fully saturated rings. The number of thiophene rings is 1. The first-order valence-corrected chi connectivity index (χ1v) is 8.55. The average molecular weight is 341 g/mol. The van der Waals surface area contributed by atoms with Gasteiger partial charge in [-0.2, -0.15) is 16.6 Å². The quantitative estimate of drug-likeness (QED) is 0.841. The number of hydrogen-bond acceptors (Lipinski definition) is 4. The largest absolute Gasteiger partial charge is 0.338 e. The van der Waals surface area contributed by atoms with Crippen LogP contribution in [0.1, 0.15) is 30.5 Å². The summed E-state index contributed by atoms with van der Waals surface area (Å²) in [5, 5.41) is 15.6. The molecular weight excluding hydrogens is 322 g/mol. The highest BCUT2D eigenvalue weighted by Gasteiger charge is 2.16. The van der Waals surface area contributed by atoms with Crippen LogP contribution in [-0.4, -0.2) is 23.3 Å². The summed E-state index contributed by atoms with van der Waals surface area (Å²) in [4.78, 5) is 25.5. The second-order valence-corrected chi connectivity index (χ2v) is 6.14. The fourth-order valence-electron chi connectivity index (χ4n) is 2.25. The topological polar surface area (TPSA) is 73.2 Å². The van der Waals surface area contributed by atoms with Crippen LogP contribution in [0.5, 0.6) is 0 Å². The van der Waals surface area contributed by atoms with Gasteiger partial charge in [-0.3, -0.25) is 9.59 Å². The van der Waals surface area contributed by atoms with E-state index >= 15 is 0 Å². The molecular formula is C18H19N3O2S. The van der Waals surface area contributed by atoms with E-state index in [9.17, 15) is 14.9 Å². The Balaban J connectivity index is 1.88. The van der Waals surface area contributed by atoms with Crippen LogP contribution in [0.4, 0.5) is 0 Å². The Morgan fingerprint density at radius 1 is 1.29 bits per heavy atom. The van der Waals surface area contributed by atoms with Gasteiger partial charge in [0.25, 0.3) is 0 Å². The molecule has 124 valence electrons. The summed E-state index contributed by atoms with van der Waals surface area (Å²) < 4.78 is 0. The van der Waals surface area contributed by atoms with E-state index in [4.69, 9.17) is 0 Å². The van der Waals surface area contributed by atoms with Crippen molar-refractivity contribution in [2.45, 2.75) is 25.9 Å². The Bertz CT molecular complexity index is 708. The van der Waals surface area contributed by atoms with Gasteiger partial charge >= 0.3 is 0 Å². The van der Waals surface area contributed by atoms with Gasteiger partial charge in [-0.15, -0.1) is 0 Å². The monoisotopic (exact) mass is 341 g/mol. The molecule has 0 unspecified atom stereocenters. The Labute approximate surface area is 145 Å². The number of carbonyl (C=O) groups is 2. The summed E-state index contributed by atoms with van der Waals surface area (Å²) in [6.07, 6.45) is 0.161. The number of carbonyl (C=O) groups excluding carboxylic acids is 2. The maximum absolute atomic E-state index is 12.1. The first-order valence-electron chi connectivity index (χ1n) is 7.60. The highest BCUT2D eigenvalue weighted by atomic mass is 32.1. The molecule has 6 heteroatoms. The zero-order valence-electron chi connectivity index (χ0n) is 13.4. The molecule has 0 aliphatic carbocycles. The molecule has 0 radical (unpaired) electrons. The van der Waals surface area contributed by atoms with E-state index < -0.39 is 6.04 Å². The number of rotatable bonds is 7. The van der Waals surface area contributed by atoms with Crippen LogP contribution in [0.25, 0.3) is 0 Å². The lowest BCUT2D eigenvalue weighted by Crippen LogP contribution is -2.34. The third-order valence-corrected chi connectivity index (χ3v) is 4.28. The van der Waals surface area contributed by atoms with Gasteiger partial charge in [0.2, 0.25) is 11.8 Å². The second kappa shape index (κ2) is 8.85. The van der Waals surface area contributed by atoms with Gasteiger partial charge in [0.1, 0.15) is 6.04 Å². The van der Waals surface area contributed by atoms with Crippen LogP contribution < -0.4 is 5.32 Å². The molecule has 0 saturated heterocycles. The van der Waals surface area contributed by atoms with Gasteiger partial charge in [0.05, 0.1) is 6.07 Å². The van der Waals surface area contributed by atoms with Crippen LogP contribution in [0.2, 0.25) is 0 Å². The van der Waals surface area contributed by atoms with Crippen LogP contribution in [0.15, 0.2) is 47.2 Å². The van der Waals surface area contributed by atoms with Gasteiger partial charge in [-0.25, -0.2) is 0 Å². The first-order chi connectivity index (χ1) is 11.6. The lowest BCUT2D eigenvalue weighted by molar-refractivity contribution is -0.130. The standard InChI is InChI=1S/C18H19N3O2S/c1-14(22)21(12-15-5-3-2-4-6-15)9-7-18(23)20-17(11-19)16-8-10-24-13-16/h2-6,8,10,13,17H,7,9,12H2,1H3,(H,20,23)/t17-/m0/s1. The van der Waals surface area contributed by atoms with E-state index in [-0.39, 0.29) is 18.2 Å². The van der Waals surface area contributed by atoms with E-state index in [2.05, 4.69) is 11.4 Å². The van der Waals surface area contributed by atoms with Crippen molar-refractivity contribution in [2.24, 2.45) is 0 Å². The van der Waals surface area contributed by atoms with Crippen LogP contribution in [0, 0.1) is 11.3 Å². The number of benzene rings is 1. The minimum absolute atomic E-state index is 0.0821. The molecule has 1 atom stereocenters. The maximum Gasteiger partial charge on any atom is 0.223 e. The second-order valence-electron chi connectivity index (χ2n) is 5.36. The molecule has 1 N–H and O–H groups in total. The van der Waals surface area contributed by atoms with E-state index in [1.807, 2.05) is 47.2 Å². The van der Waals surface area contributed by atoms with Crippen molar-refractivity contribution in [1.29, 1.82) is 5.26 Å². The Morgan fingerprint density at radius 3 is 2.62 bits per heavy atom. The zero-order valence-corrected chi connectivity index (χ0v) is 14.3. The Kier molecular flexibility index (Phi) is 6.52. The highest BCUT2D eigenvalue weighted by Crippen LogP contribution is 2.15. The molecule has 2 rings (SSSR count). The smallest absolute Gasteiger partial charge is 0.223 e. The molecule has 5 nitrogen and oxygen atoms in total. The lowest BCUT2D eigenvalue weighted by atomic mass is 10.1. The molecule has 1 heterocycles. The number of nitrogens with one attached hydrogen (secondary N) is 1. The summed E-state index contributed by atoms with van der Waals surface area (Å²) in [5.41, 5.74) is 1.80. The average Bonchev–Trinajstić information content (AvgIpc) is 3.11. The van der Waals surface area contributed by atoms with Crippen molar-refractivity contribution in [3.8, 4) is 6.07 Å².